The number of nitrogens with zero attached hydrogens (tertiary/aromatic N) is 3. The number of hydrogen-bond acceptors (Lipinski definition) is 3. The van der Waals surface area contributed by atoms with Gasteiger partial charge in [0.05, 0.1) is 5.69 Å². The van der Waals surface area contributed by atoms with E-state index in [1.165, 1.54) is 5.56 Å². The van der Waals surface area contributed by atoms with E-state index in [0.717, 1.165) is 37.2 Å². The molecule has 1 saturated carbocycles. The predicted molar refractivity (Wildman–Crippen MR) is 95.7 cm³/mol. The molecule has 1 heterocycles. The van der Waals surface area contributed by atoms with Crippen molar-refractivity contribution in [2.75, 3.05) is 0 Å². The monoisotopic (exact) mass is 332 g/mol. The molecule has 1 fully saturated rings. The second kappa shape index (κ2) is 6.89. The van der Waals surface area contributed by atoms with Gasteiger partial charge in [0.1, 0.15) is 5.82 Å². The van der Waals surface area contributed by atoms with E-state index < -0.39 is 0 Å². The molecule has 1 aromatic heterocycles. The summed E-state index contributed by atoms with van der Waals surface area (Å²) in [7, 11) is 0. The second-order valence-corrected chi connectivity index (χ2v) is 6.33. The first-order valence-electron chi connectivity index (χ1n) is 8.66. The molecule has 1 amide bonds. The van der Waals surface area contributed by atoms with Crippen LogP contribution in [0, 0.1) is 0 Å². The number of aromatic nitrogens is 3. The maximum absolute atomic E-state index is 12.3. The average Bonchev–Trinajstić information content (AvgIpc) is 3.37. The highest BCUT2D eigenvalue weighted by molar-refractivity contribution is 5.90. The van der Waals surface area contributed by atoms with Gasteiger partial charge in [-0.25, -0.2) is 9.67 Å². The van der Waals surface area contributed by atoms with E-state index in [1.807, 2.05) is 48.5 Å². The number of aryl methyl sites for hydroxylation is 2. The van der Waals surface area contributed by atoms with Crippen LogP contribution in [0.1, 0.15) is 34.8 Å². The van der Waals surface area contributed by atoms with Crippen LogP contribution in [-0.2, 0) is 12.8 Å². The first kappa shape index (κ1) is 15.6. The fourth-order valence-electron chi connectivity index (χ4n) is 2.76. The van der Waals surface area contributed by atoms with Crippen molar-refractivity contribution in [1.82, 2.24) is 20.1 Å². The van der Waals surface area contributed by atoms with Gasteiger partial charge in [-0.15, -0.1) is 5.10 Å². The molecule has 0 radical (unpaired) electrons. The van der Waals surface area contributed by atoms with Crippen LogP contribution in [0.15, 0.2) is 60.7 Å². The van der Waals surface area contributed by atoms with Gasteiger partial charge in [-0.2, -0.15) is 0 Å². The van der Waals surface area contributed by atoms with Crippen molar-refractivity contribution in [2.45, 2.75) is 31.7 Å². The lowest BCUT2D eigenvalue weighted by atomic mass is 10.1. The molecule has 0 atom stereocenters. The third kappa shape index (κ3) is 3.76. The van der Waals surface area contributed by atoms with Crippen molar-refractivity contribution in [3.63, 3.8) is 0 Å². The number of para-hydroxylation sites is 1. The molecule has 0 unspecified atom stereocenters. The Kier molecular flexibility index (Phi) is 4.29. The van der Waals surface area contributed by atoms with Gasteiger partial charge in [-0.1, -0.05) is 48.5 Å². The summed E-state index contributed by atoms with van der Waals surface area (Å²) >= 11 is 0. The largest absolute Gasteiger partial charge is 0.347 e. The van der Waals surface area contributed by atoms with Gasteiger partial charge in [-0.05, 0) is 37.0 Å². The van der Waals surface area contributed by atoms with E-state index in [1.54, 1.807) is 4.68 Å². The minimum Gasteiger partial charge on any atom is -0.347 e. The number of carbonyl (C=O) groups is 1. The Morgan fingerprint density at radius 2 is 1.68 bits per heavy atom. The number of hydrogen-bond donors (Lipinski definition) is 1. The minimum absolute atomic E-state index is 0.182. The average molecular weight is 332 g/mol. The zero-order valence-corrected chi connectivity index (χ0v) is 13.9. The van der Waals surface area contributed by atoms with Gasteiger partial charge >= 0.3 is 0 Å². The van der Waals surface area contributed by atoms with Gasteiger partial charge < -0.3 is 5.32 Å². The molecule has 0 aliphatic heterocycles. The van der Waals surface area contributed by atoms with E-state index in [4.69, 9.17) is 0 Å². The van der Waals surface area contributed by atoms with E-state index >= 15 is 0 Å². The first-order valence-corrected chi connectivity index (χ1v) is 8.66. The first-order chi connectivity index (χ1) is 12.3. The van der Waals surface area contributed by atoms with Gasteiger partial charge in [0.2, 0.25) is 5.82 Å². The molecule has 1 aliphatic carbocycles. The number of benzene rings is 2. The number of amides is 1. The fourth-order valence-corrected chi connectivity index (χ4v) is 2.76. The Labute approximate surface area is 146 Å². The lowest BCUT2D eigenvalue weighted by Crippen LogP contribution is -2.26. The van der Waals surface area contributed by atoms with Crippen molar-refractivity contribution in [3.8, 4) is 5.69 Å². The van der Waals surface area contributed by atoms with Crippen molar-refractivity contribution in [2.24, 2.45) is 0 Å². The van der Waals surface area contributed by atoms with Crippen molar-refractivity contribution in [1.29, 1.82) is 0 Å². The lowest BCUT2D eigenvalue weighted by molar-refractivity contribution is 0.0940. The summed E-state index contributed by atoms with van der Waals surface area (Å²) in [6.45, 7) is 0. The summed E-state index contributed by atoms with van der Waals surface area (Å²) in [6.07, 6.45) is 3.68. The zero-order chi connectivity index (χ0) is 17.1. The summed E-state index contributed by atoms with van der Waals surface area (Å²) in [5, 5.41) is 7.43. The van der Waals surface area contributed by atoms with Crippen LogP contribution in [0.3, 0.4) is 0 Å². The molecule has 1 aliphatic rings. The van der Waals surface area contributed by atoms with Crippen LogP contribution in [0.25, 0.3) is 5.69 Å². The molecule has 5 heteroatoms. The Balaban J connectivity index is 1.60. The summed E-state index contributed by atoms with van der Waals surface area (Å²) in [5.74, 6) is 0.868. The highest BCUT2D eigenvalue weighted by Crippen LogP contribution is 2.19. The van der Waals surface area contributed by atoms with Gasteiger partial charge in [-0.3, -0.25) is 4.79 Å². The van der Waals surface area contributed by atoms with Crippen LogP contribution < -0.4 is 5.32 Å². The van der Waals surface area contributed by atoms with E-state index in [0.29, 0.717) is 6.04 Å². The maximum atomic E-state index is 12.3. The highest BCUT2D eigenvalue weighted by Gasteiger charge is 2.26. The van der Waals surface area contributed by atoms with E-state index in [2.05, 4.69) is 27.5 Å². The van der Waals surface area contributed by atoms with Gasteiger partial charge in [0.15, 0.2) is 0 Å². The fraction of sp³-hybridized carbons (Fsp3) is 0.250. The number of rotatable bonds is 6. The smallest absolute Gasteiger partial charge is 0.291 e. The number of nitrogens with one attached hydrogen (secondary N) is 1. The van der Waals surface area contributed by atoms with Crippen molar-refractivity contribution in [3.05, 3.63) is 77.9 Å². The Bertz CT molecular complexity index is 854. The highest BCUT2D eigenvalue weighted by atomic mass is 16.2. The molecule has 5 nitrogen and oxygen atoms in total. The minimum atomic E-state index is -0.182. The lowest BCUT2D eigenvalue weighted by Gasteiger charge is -2.05. The summed E-state index contributed by atoms with van der Waals surface area (Å²) < 4.78 is 1.78. The summed E-state index contributed by atoms with van der Waals surface area (Å²) in [6, 6.07) is 20.4. The Morgan fingerprint density at radius 1 is 1.00 bits per heavy atom. The van der Waals surface area contributed by atoms with Crippen LogP contribution in [-0.4, -0.2) is 26.7 Å². The molecule has 25 heavy (non-hydrogen) atoms. The topological polar surface area (TPSA) is 59.8 Å². The standard InChI is InChI=1S/C20H20N4O/c25-20(21-16-12-13-16)19-22-18(14-11-15-7-3-1-4-8-15)24(23-19)17-9-5-2-6-10-17/h1-10,16H,11-14H2,(H,21,25). The third-order valence-corrected chi connectivity index (χ3v) is 4.27. The molecular formula is C20H20N4O. The Hall–Kier alpha value is -2.95. The maximum Gasteiger partial charge on any atom is 0.291 e. The Morgan fingerprint density at radius 3 is 2.36 bits per heavy atom. The number of carbonyl (C=O) groups excluding carboxylic acids is 1. The van der Waals surface area contributed by atoms with E-state index in [-0.39, 0.29) is 11.7 Å². The molecule has 2 aromatic carbocycles. The molecule has 1 N–H and O–H groups in total. The van der Waals surface area contributed by atoms with Crippen LogP contribution >= 0.6 is 0 Å². The van der Waals surface area contributed by atoms with Gasteiger partial charge in [0.25, 0.3) is 5.91 Å². The quantitative estimate of drug-likeness (QED) is 0.755. The molecule has 3 aromatic rings. The molecule has 4 rings (SSSR count). The molecule has 0 spiro atoms. The van der Waals surface area contributed by atoms with Crippen LogP contribution in [0.4, 0.5) is 0 Å². The second-order valence-electron chi connectivity index (χ2n) is 6.33. The van der Waals surface area contributed by atoms with Crippen LogP contribution in [0.5, 0.6) is 0 Å². The van der Waals surface area contributed by atoms with Gasteiger partial charge in [0, 0.05) is 12.5 Å². The SMILES string of the molecule is O=C(NC1CC1)c1nc(CCc2ccccc2)n(-c2ccccc2)n1. The third-order valence-electron chi connectivity index (χ3n) is 4.27. The molecular weight excluding hydrogens is 312 g/mol. The van der Waals surface area contributed by atoms with Crippen molar-refractivity contribution >= 4 is 5.91 Å². The summed E-state index contributed by atoms with van der Waals surface area (Å²) in [5.41, 5.74) is 2.16. The van der Waals surface area contributed by atoms with E-state index in [9.17, 15) is 4.79 Å². The van der Waals surface area contributed by atoms with Crippen molar-refractivity contribution < 1.29 is 4.79 Å². The molecule has 0 saturated heterocycles. The summed E-state index contributed by atoms with van der Waals surface area (Å²) in [4.78, 5) is 16.8. The predicted octanol–water partition coefficient (Wildman–Crippen LogP) is 2.94. The van der Waals surface area contributed by atoms with Crippen LogP contribution in [0.2, 0.25) is 0 Å². The molecule has 126 valence electrons. The zero-order valence-electron chi connectivity index (χ0n) is 13.9. The normalized spacial score (nSPS) is 13.6. The molecule has 0 bridgehead atoms.